The molecule has 11 heteroatoms. The van der Waals surface area contributed by atoms with E-state index in [9.17, 15) is 14.9 Å². The van der Waals surface area contributed by atoms with Crippen LogP contribution in [0.3, 0.4) is 0 Å². The summed E-state index contributed by atoms with van der Waals surface area (Å²) in [6.45, 7) is 2.53. The number of benzene rings is 1. The van der Waals surface area contributed by atoms with Gasteiger partial charge in [0.15, 0.2) is 0 Å². The molecule has 0 saturated heterocycles. The third kappa shape index (κ3) is 3.70. The average molecular weight is 376 g/mol. The summed E-state index contributed by atoms with van der Waals surface area (Å²) in [6.07, 6.45) is 2.64. The van der Waals surface area contributed by atoms with Gasteiger partial charge in [-0.25, -0.2) is 9.67 Å². The van der Waals surface area contributed by atoms with Crippen LogP contribution in [0.1, 0.15) is 23.0 Å². The van der Waals surface area contributed by atoms with Crippen molar-refractivity contribution >= 4 is 29.1 Å². The van der Waals surface area contributed by atoms with Crippen molar-refractivity contribution in [1.29, 1.82) is 0 Å². The number of anilines is 1. The first kappa shape index (κ1) is 17.5. The molecule has 10 nitrogen and oxygen atoms in total. The van der Waals surface area contributed by atoms with Gasteiger partial charge >= 0.3 is 5.69 Å². The number of aromatic nitrogens is 5. The molecule has 0 aliphatic carbocycles. The smallest absolute Gasteiger partial charge is 0.287 e. The SMILES string of the molecule is CCn1cc([N+](=O)[O-])c(C(=O)Nc2ncn(Cc3ccccc3Cl)n2)n1. The average Bonchev–Trinajstić information content (AvgIpc) is 3.23. The maximum absolute atomic E-state index is 12.3. The van der Waals surface area contributed by atoms with Crippen LogP contribution in [0.2, 0.25) is 5.02 Å². The van der Waals surface area contributed by atoms with Gasteiger partial charge in [-0.05, 0) is 18.6 Å². The fraction of sp³-hybridized carbons (Fsp3) is 0.200. The van der Waals surface area contributed by atoms with E-state index in [0.717, 1.165) is 5.56 Å². The second-order valence-corrected chi connectivity index (χ2v) is 5.69. The van der Waals surface area contributed by atoms with Crippen LogP contribution in [-0.2, 0) is 13.1 Å². The Morgan fingerprint density at radius 1 is 1.31 bits per heavy atom. The fourth-order valence-electron chi connectivity index (χ4n) is 2.26. The molecule has 3 aromatic rings. The van der Waals surface area contributed by atoms with Crippen LogP contribution in [0.5, 0.6) is 0 Å². The number of nitrogens with one attached hydrogen (secondary N) is 1. The number of halogens is 1. The van der Waals surface area contributed by atoms with Crippen molar-refractivity contribution in [2.24, 2.45) is 0 Å². The van der Waals surface area contributed by atoms with Crippen LogP contribution in [0.25, 0.3) is 0 Å². The lowest BCUT2D eigenvalue weighted by Gasteiger charge is -2.03. The summed E-state index contributed by atoms with van der Waals surface area (Å²) in [5, 5.41) is 22.1. The molecule has 1 N–H and O–H groups in total. The highest BCUT2D eigenvalue weighted by molar-refractivity contribution is 6.31. The molecule has 2 heterocycles. The maximum atomic E-state index is 12.3. The van der Waals surface area contributed by atoms with Crippen molar-refractivity contribution in [1.82, 2.24) is 24.5 Å². The normalized spacial score (nSPS) is 10.7. The Labute approximate surface area is 152 Å². The molecule has 134 valence electrons. The largest absolute Gasteiger partial charge is 0.320 e. The minimum atomic E-state index is -0.751. The molecule has 0 aliphatic heterocycles. The van der Waals surface area contributed by atoms with Crippen LogP contribution in [0.4, 0.5) is 11.6 Å². The highest BCUT2D eigenvalue weighted by atomic mass is 35.5. The van der Waals surface area contributed by atoms with Crippen molar-refractivity contribution in [2.75, 3.05) is 5.32 Å². The third-order valence-electron chi connectivity index (χ3n) is 3.53. The number of amides is 1. The summed E-state index contributed by atoms with van der Waals surface area (Å²) in [4.78, 5) is 26.7. The number of carbonyl (C=O) groups excluding carboxylic acids is 1. The maximum Gasteiger partial charge on any atom is 0.320 e. The van der Waals surface area contributed by atoms with Crippen LogP contribution in [0.15, 0.2) is 36.8 Å². The van der Waals surface area contributed by atoms with Gasteiger partial charge in [0.1, 0.15) is 12.5 Å². The van der Waals surface area contributed by atoms with E-state index in [1.54, 1.807) is 13.0 Å². The van der Waals surface area contributed by atoms with Gasteiger partial charge in [-0.1, -0.05) is 29.8 Å². The molecule has 0 unspecified atom stereocenters. The monoisotopic (exact) mass is 375 g/mol. The van der Waals surface area contributed by atoms with E-state index in [1.165, 1.54) is 21.9 Å². The molecule has 0 atom stereocenters. The zero-order valence-electron chi connectivity index (χ0n) is 13.7. The predicted molar refractivity (Wildman–Crippen MR) is 93.1 cm³/mol. The van der Waals surface area contributed by atoms with E-state index in [4.69, 9.17) is 11.6 Å². The highest BCUT2D eigenvalue weighted by Crippen LogP contribution is 2.18. The molecule has 0 saturated carbocycles. The number of aryl methyl sites for hydroxylation is 1. The Morgan fingerprint density at radius 2 is 2.08 bits per heavy atom. The van der Waals surface area contributed by atoms with E-state index in [2.05, 4.69) is 20.5 Å². The summed E-state index contributed by atoms with van der Waals surface area (Å²) >= 11 is 6.10. The van der Waals surface area contributed by atoms with Crippen molar-refractivity contribution < 1.29 is 9.72 Å². The number of rotatable bonds is 6. The van der Waals surface area contributed by atoms with Crippen LogP contribution >= 0.6 is 11.6 Å². The van der Waals surface area contributed by atoms with Crippen LogP contribution in [0, 0.1) is 10.1 Å². The van der Waals surface area contributed by atoms with Gasteiger partial charge in [0.25, 0.3) is 5.91 Å². The van der Waals surface area contributed by atoms with Gasteiger partial charge < -0.3 is 0 Å². The van der Waals surface area contributed by atoms with E-state index < -0.39 is 10.8 Å². The topological polar surface area (TPSA) is 121 Å². The second-order valence-electron chi connectivity index (χ2n) is 5.29. The van der Waals surface area contributed by atoms with Gasteiger partial charge in [0, 0.05) is 11.6 Å². The van der Waals surface area contributed by atoms with Crippen molar-refractivity contribution in [3.63, 3.8) is 0 Å². The van der Waals surface area contributed by atoms with Gasteiger partial charge in [0.2, 0.25) is 11.6 Å². The lowest BCUT2D eigenvalue weighted by atomic mass is 10.2. The molecule has 0 bridgehead atoms. The molecule has 2 aromatic heterocycles. The Balaban J connectivity index is 1.75. The van der Waals surface area contributed by atoms with E-state index in [1.807, 2.05) is 18.2 Å². The van der Waals surface area contributed by atoms with Crippen molar-refractivity contribution in [3.05, 3.63) is 63.2 Å². The van der Waals surface area contributed by atoms with Crippen molar-refractivity contribution in [3.8, 4) is 0 Å². The Morgan fingerprint density at radius 3 is 2.77 bits per heavy atom. The molecular weight excluding hydrogens is 362 g/mol. The summed E-state index contributed by atoms with van der Waals surface area (Å²) < 4.78 is 2.81. The summed E-state index contributed by atoms with van der Waals surface area (Å²) in [5.41, 5.74) is 0.174. The first-order valence-electron chi connectivity index (χ1n) is 7.64. The zero-order chi connectivity index (χ0) is 18.7. The van der Waals surface area contributed by atoms with E-state index >= 15 is 0 Å². The highest BCUT2D eigenvalue weighted by Gasteiger charge is 2.26. The summed E-state index contributed by atoms with van der Waals surface area (Å²) in [6, 6.07) is 7.29. The summed E-state index contributed by atoms with van der Waals surface area (Å²) in [5.74, 6) is -0.734. The van der Waals surface area contributed by atoms with E-state index in [-0.39, 0.29) is 17.3 Å². The molecular formula is C15H14ClN7O3. The Kier molecular flexibility index (Phi) is 4.94. The lowest BCUT2D eigenvalue weighted by Crippen LogP contribution is -2.16. The predicted octanol–water partition coefficient (Wildman–Crippen LogP) is 2.36. The van der Waals surface area contributed by atoms with Gasteiger partial charge in [-0.15, -0.1) is 5.10 Å². The van der Waals surface area contributed by atoms with Crippen molar-refractivity contribution in [2.45, 2.75) is 20.0 Å². The second kappa shape index (κ2) is 7.31. The minimum absolute atomic E-state index is 0.0161. The molecule has 26 heavy (non-hydrogen) atoms. The Bertz CT molecular complexity index is 966. The molecule has 1 aromatic carbocycles. The molecule has 0 spiro atoms. The first-order chi connectivity index (χ1) is 12.5. The quantitative estimate of drug-likeness (QED) is 0.521. The lowest BCUT2D eigenvalue weighted by molar-refractivity contribution is -0.385. The van der Waals surface area contributed by atoms with Gasteiger partial charge in [-0.2, -0.15) is 5.10 Å². The third-order valence-corrected chi connectivity index (χ3v) is 3.90. The van der Waals surface area contributed by atoms with Crippen LogP contribution < -0.4 is 5.32 Å². The Hall–Kier alpha value is -3.27. The van der Waals surface area contributed by atoms with Gasteiger partial charge in [0.05, 0.1) is 11.5 Å². The van der Waals surface area contributed by atoms with E-state index in [0.29, 0.717) is 18.1 Å². The number of hydrogen-bond acceptors (Lipinski definition) is 6. The molecule has 1 amide bonds. The number of nitrogens with zero attached hydrogens (tertiary/aromatic N) is 6. The van der Waals surface area contributed by atoms with Gasteiger partial charge in [-0.3, -0.25) is 24.9 Å². The number of nitro groups is 1. The minimum Gasteiger partial charge on any atom is -0.287 e. The molecule has 3 rings (SSSR count). The first-order valence-corrected chi connectivity index (χ1v) is 8.01. The molecule has 0 aliphatic rings. The fourth-order valence-corrected chi connectivity index (χ4v) is 2.45. The molecule has 0 radical (unpaired) electrons. The zero-order valence-corrected chi connectivity index (χ0v) is 14.4. The summed E-state index contributed by atoms with van der Waals surface area (Å²) in [7, 11) is 0. The molecule has 0 fully saturated rings. The number of carbonyl (C=O) groups is 1. The number of hydrogen-bond donors (Lipinski definition) is 1. The standard InChI is InChI=1S/C15H14ClN7O3/c1-2-21-8-12(23(25)26)13(19-21)14(24)18-15-17-9-22(20-15)7-10-5-3-4-6-11(10)16/h3-6,8-9H,2,7H2,1H3,(H,18,20,24). The van der Waals surface area contributed by atoms with Crippen LogP contribution in [-0.4, -0.2) is 35.4 Å².